The van der Waals surface area contributed by atoms with E-state index in [0.717, 1.165) is 35.1 Å². The molecular weight excluding hydrogens is 352 g/mol. The average Bonchev–Trinajstić information content (AvgIpc) is 2.75. The SMILES string of the molecule is CC.CC(C)c1ccc(C#N)c(-c2ccc(CN3CCC(C(C)C)CC3)cc2)c1. The molecule has 0 spiro atoms. The van der Waals surface area contributed by atoms with E-state index in [1.807, 2.05) is 19.9 Å². The fourth-order valence-corrected chi connectivity index (χ4v) is 4.08. The lowest BCUT2D eigenvalue weighted by Gasteiger charge is -2.33. The molecule has 2 heteroatoms. The van der Waals surface area contributed by atoms with Crippen molar-refractivity contribution < 1.29 is 0 Å². The minimum Gasteiger partial charge on any atom is -0.299 e. The Morgan fingerprint density at radius 3 is 2.10 bits per heavy atom. The van der Waals surface area contributed by atoms with Crippen LogP contribution >= 0.6 is 0 Å². The Balaban J connectivity index is 0.00000145. The van der Waals surface area contributed by atoms with Gasteiger partial charge in [-0.2, -0.15) is 5.26 Å². The molecule has 0 unspecified atom stereocenters. The molecule has 0 radical (unpaired) electrons. The van der Waals surface area contributed by atoms with Crippen LogP contribution in [-0.2, 0) is 6.54 Å². The topological polar surface area (TPSA) is 27.0 Å². The van der Waals surface area contributed by atoms with Crippen molar-refractivity contribution in [3.05, 3.63) is 59.2 Å². The standard InChI is InChI=1S/C25H32N2.C2H6/c1-18(2)21-11-13-27(14-12-21)17-20-5-7-22(8-6-20)25-15-23(19(3)4)9-10-24(25)16-26;1-2/h5-10,15,18-19,21H,11-14,17H2,1-4H3;1-2H3. The zero-order chi connectivity index (χ0) is 21.4. The van der Waals surface area contributed by atoms with Gasteiger partial charge in [-0.25, -0.2) is 0 Å². The lowest BCUT2D eigenvalue weighted by atomic mass is 9.86. The molecule has 3 rings (SSSR count). The van der Waals surface area contributed by atoms with E-state index in [-0.39, 0.29) is 0 Å². The van der Waals surface area contributed by atoms with Crippen LogP contribution in [0.25, 0.3) is 11.1 Å². The molecule has 2 aromatic carbocycles. The van der Waals surface area contributed by atoms with Crippen molar-refractivity contribution in [1.29, 1.82) is 5.26 Å². The summed E-state index contributed by atoms with van der Waals surface area (Å²) in [5, 5.41) is 9.48. The van der Waals surface area contributed by atoms with Gasteiger partial charge >= 0.3 is 0 Å². The lowest BCUT2D eigenvalue weighted by Crippen LogP contribution is -2.34. The number of benzene rings is 2. The van der Waals surface area contributed by atoms with Crippen molar-refractivity contribution in [1.82, 2.24) is 4.90 Å². The molecule has 1 saturated heterocycles. The summed E-state index contributed by atoms with van der Waals surface area (Å²) in [5.74, 6) is 2.16. The molecule has 0 atom stereocenters. The second-order valence-electron chi connectivity index (χ2n) is 8.63. The lowest BCUT2D eigenvalue weighted by molar-refractivity contribution is 0.152. The molecule has 2 nitrogen and oxygen atoms in total. The first-order valence-corrected chi connectivity index (χ1v) is 11.3. The molecule has 0 bridgehead atoms. The highest BCUT2D eigenvalue weighted by Gasteiger charge is 2.21. The van der Waals surface area contributed by atoms with Gasteiger partial charge in [0.1, 0.15) is 0 Å². The van der Waals surface area contributed by atoms with Crippen molar-refractivity contribution in [3.8, 4) is 17.2 Å². The van der Waals surface area contributed by atoms with Crippen LogP contribution in [0.3, 0.4) is 0 Å². The summed E-state index contributed by atoms with van der Waals surface area (Å²) in [6, 6.07) is 17.4. The van der Waals surface area contributed by atoms with Gasteiger partial charge in [-0.3, -0.25) is 4.90 Å². The van der Waals surface area contributed by atoms with Crippen molar-refractivity contribution in [3.63, 3.8) is 0 Å². The van der Waals surface area contributed by atoms with Gasteiger partial charge in [0.2, 0.25) is 0 Å². The highest BCUT2D eigenvalue weighted by molar-refractivity contribution is 5.71. The predicted molar refractivity (Wildman–Crippen MR) is 125 cm³/mol. The van der Waals surface area contributed by atoms with Gasteiger partial charge in [0.25, 0.3) is 0 Å². The Morgan fingerprint density at radius 1 is 0.966 bits per heavy atom. The maximum Gasteiger partial charge on any atom is 0.0998 e. The minimum atomic E-state index is 0.463. The Bertz CT molecular complexity index is 788. The van der Waals surface area contributed by atoms with Gasteiger partial charge in [-0.05, 0) is 78.1 Å². The Morgan fingerprint density at radius 2 is 1.59 bits per heavy atom. The van der Waals surface area contributed by atoms with Crippen LogP contribution < -0.4 is 0 Å². The number of hydrogen-bond acceptors (Lipinski definition) is 2. The molecule has 0 aliphatic carbocycles. The van der Waals surface area contributed by atoms with E-state index in [4.69, 9.17) is 0 Å². The van der Waals surface area contributed by atoms with Gasteiger partial charge in [0.15, 0.2) is 0 Å². The van der Waals surface area contributed by atoms with E-state index >= 15 is 0 Å². The maximum atomic E-state index is 9.48. The van der Waals surface area contributed by atoms with E-state index in [2.05, 4.69) is 75.1 Å². The fraction of sp³-hybridized carbons (Fsp3) is 0.519. The van der Waals surface area contributed by atoms with Crippen molar-refractivity contribution >= 4 is 0 Å². The normalized spacial score (nSPS) is 15.1. The average molecular weight is 391 g/mol. The molecule has 0 aromatic heterocycles. The molecule has 0 amide bonds. The Hall–Kier alpha value is -2.11. The molecule has 156 valence electrons. The van der Waals surface area contributed by atoms with E-state index in [1.54, 1.807) is 0 Å². The highest BCUT2D eigenvalue weighted by Crippen LogP contribution is 2.29. The van der Waals surface area contributed by atoms with Crippen molar-refractivity contribution in [2.45, 2.75) is 66.8 Å². The summed E-state index contributed by atoms with van der Waals surface area (Å²) in [6.45, 7) is 16.5. The van der Waals surface area contributed by atoms with Crippen LogP contribution in [0, 0.1) is 23.2 Å². The maximum absolute atomic E-state index is 9.48. The van der Waals surface area contributed by atoms with Crippen LogP contribution in [0.4, 0.5) is 0 Å². The molecule has 1 aliphatic rings. The summed E-state index contributed by atoms with van der Waals surface area (Å²) in [5.41, 5.74) is 5.58. The smallest absolute Gasteiger partial charge is 0.0998 e. The second-order valence-corrected chi connectivity index (χ2v) is 8.63. The van der Waals surface area contributed by atoms with Crippen LogP contribution in [0.15, 0.2) is 42.5 Å². The summed E-state index contributed by atoms with van der Waals surface area (Å²) >= 11 is 0. The minimum absolute atomic E-state index is 0.463. The van der Waals surface area contributed by atoms with Crippen LogP contribution in [0.5, 0.6) is 0 Å². The molecule has 2 aromatic rings. The van der Waals surface area contributed by atoms with Gasteiger partial charge in [0, 0.05) is 6.54 Å². The number of nitrogens with zero attached hydrogens (tertiary/aromatic N) is 2. The molecule has 0 saturated carbocycles. The quantitative estimate of drug-likeness (QED) is 0.538. The molecule has 1 heterocycles. The third kappa shape index (κ3) is 6.18. The van der Waals surface area contributed by atoms with Gasteiger partial charge in [-0.1, -0.05) is 71.9 Å². The Labute approximate surface area is 178 Å². The van der Waals surface area contributed by atoms with Crippen LogP contribution in [0.1, 0.15) is 77.0 Å². The summed E-state index contributed by atoms with van der Waals surface area (Å²) in [7, 11) is 0. The van der Waals surface area contributed by atoms with E-state index in [1.165, 1.54) is 37.1 Å². The zero-order valence-corrected chi connectivity index (χ0v) is 19.2. The number of hydrogen-bond donors (Lipinski definition) is 0. The van der Waals surface area contributed by atoms with Crippen molar-refractivity contribution in [2.24, 2.45) is 11.8 Å². The van der Waals surface area contributed by atoms with E-state index in [0.29, 0.717) is 5.92 Å². The van der Waals surface area contributed by atoms with Crippen LogP contribution in [-0.4, -0.2) is 18.0 Å². The number of nitriles is 1. The fourth-order valence-electron chi connectivity index (χ4n) is 4.08. The summed E-state index contributed by atoms with van der Waals surface area (Å²) in [6.07, 6.45) is 2.65. The van der Waals surface area contributed by atoms with E-state index in [9.17, 15) is 5.26 Å². The molecule has 0 N–H and O–H groups in total. The highest BCUT2D eigenvalue weighted by atomic mass is 15.1. The summed E-state index contributed by atoms with van der Waals surface area (Å²) in [4.78, 5) is 2.58. The first-order valence-electron chi connectivity index (χ1n) is 11.3. The molecule has 1 aliphatic heterocycles. The second kappa shape index (κ2) is 11.2. The molecular formula is C27H38N2. The van der Waals surface area contributed by atoms with Gasteiger partial charge in [-0.15, -0.1) is 0 Å². The first-order chi connectivity index (χ1) is 14.0. The summed E-state index contributed by atoms with van der Waals surface area (Å²) < 4.78 is 0. The monoisotopic (exact) mass is 390 g/mol. The third-order valence-corrected chi connectivity index (χ3v) is 6.08. The number of likely N-dealkylation sites (tertiary alicyclic amines) is 1. The van der Waals surface area contributed by atoms with Crippen molar-refractivity contribution in [2.75, 3.05) is 13.1 Å². The Kier molecular flexibility index (Phi) is 8.93. The first kappa shape index (κ1) is 23.2. The predicted octanol–water partition coefficient (Wildman–Crippen LogP) is 7.24. The molecule has 29 heavy (non-hydrogen) atoms. The van der Waals surface area contributed by atoms with Crippen LogP contribution in [0.2, 0.25) is 0 Å². The number of piperidine rings is 1. The van der Waals surface area contributed by atoms with Gasteiger partial charge in [0.05, 0.1) is 11.6 Å². The number of rotatable bonds is 5. The zero-order valence-electron chi connectivity index (χ0n) is 19.2. The molecule has 1 fully saturated rings. The van der Waals surface area contributed by atoms with Gasteiger partial charge < -0.3 is 0 Å². The third-order valence-electron chi connectivity index (χ3n) is 6.08. The van der Waals surface area contributed by atoms with E-state index < -0.39 is 0 Å². The largest absolute Gasteiger partial charge is 0.299 e.